The van der Waals surface area contributed by atoms with Crippen molar-refractivity contribution in [2.24, 2.45) is 0 Å². The highest BCUT2D eigenvalue weighted by Gasteiger charge is 2.10. The van der Waals surface area contributed by atoms with Crippen LogP contribution in [0, 0.1) is 6.92 Å². The Kier molecular flexibility index (Phi) is 3.53. The number of nitrogens with one attached hydrogen (secondary N) is 2. The summed E-state index contributed by atoms with van der Waals surface area (Å²) in [4.78, 5) is 0. The second kappa shape index (κ2) is 4.94. The zero-order chi connectivity index (χ0) is 13.2. The van der Waals surface area contributed by atoms with Crippen molar-refractivity contribution >= 4 is 0 Å². The Balaban J connectivity index is 2.14. The highest BCUT2D eigenvalue weighted by atomic mass is 15.1. The van der Waals surface area contributed by atoms with Gasteiger partial charge < -0.3 is 5.32 Å². The number of aryl methyl sites for hydroxylation is 1. The molecule has 0 aliphatic carbocycles. The van der Waals surface area contributed by atoms with Gasteiger partial charge in [-0.2, -0.15) is 5.10 Å². The Hall–Kier alpha value is -1.61. The molecule has 96 valence electrons. The first-order valence-corrected chi connectivity index (χ1v) is 6.31. The van der Waals surface area contributed by atoms with Crippen molar-refractivity contribution in [3.8, 4) is 11.3 Å². The van der Waals surface area contributed by atoms with Gasteiger partial charge in [-0.3, -0.25) is 5.10 Å². The molecule has 1 aromatic heterocycles. The summed E-state index contributed by atoms with van der Waals surface area (Å²) in [7, 11) is 0. The van der Waals surface area contributed by atoms with Crippen LogP contribution in [0.3, 0.4) is 0 Å². The van der Waals surface area contributed by atoms with Crippen LogP contribution in [0.5, 0.6) is 0 Å². The minimum Gasteiger partial charge on any atom is -0.306 e. The van der Waals surface area contributed by atoms with Crippen molar-refractivity contribution in [1.82, 2.24) is 15.5 Å². The average Bonchev–Trinajstić information content (AvgIpc) is 2.75. The summed E-state index contributed by atoms with van der Waals surface area (Å²) in [5.41, 5.74) is 4.69. The van der Waals surface area contributed by atoms with Gasteiger partial charge in [0.05, 0.1) is 5.69 Å². The fraction of sp³-hybridized carbons (Fsp3) is 0.400. The molecule has 0 spiro atoms. The van der Waals surface area contributed by atoms with Crippen molar-refractivity contribution in [1.29, 1.82) is 0 Å². The van der Waals surface area contributed by atoms with Gasteiger partial charge in [-0.25, -0.2) is 0 Å². The predicted octanol–water partition coefficient (Wildman–Crippen LogP) is 3.27. The fourth-order valence-electron chi connectivity index (χ4n) is 1.81. The molecule has 3 nitrogen and oxygen atoms in total. The molecule has 0 saturated heterocycles. The SMILES string of the molecule is Cc1ccccc1-c1cc(CNC(C)(C)C)[nH]n1. The third-order valence-corrected chi connectivity index (χ3v) is 2.86. The van der Waals surface area contributed by atoms with Gasteiger partial charge in [0.1, 0.15) is 0 Å². The summed E-state index contributed by atoms with van der Waals surface area (Å²) in [5, 5.41) is 10.9. The molecule has 0 bridgehead atoms. The molecule has 0 unspecified atom stereocenters. The van der Waals surface area contributed by atoms with Gasteiger partial charge in [0.25, 0.3) is 0 Å². The van der Waals surface area contributed by atoms with Gasteiger partial charge in [-0.05, 0) is 39.3 Å². The predicted molar refractivity (Wildman–Crippen MR) is 75.4 cm³/mol. The first-order valence-electron chi connectivity index (χ1n) is 6.31. The summed E-state index contributed by atoms with van der Waals surface area (Å²) in [5.74, 6) is 0. The van der Waals surface area contributed by atoms with Crippen LogP contribution < -0.4 is 5.32 Å². The van der Waals surface area contributed by atoms with Crippen LogP contribution in [0.4, 0.5) is 0 Å². The lowest BCUT2D eigenvalue weighted by molar-refractivity contribution is 0.421. The summed E-state index contributed by atoms with van der Waals surface area (Å²) in [6.07, 6.45) is 0. The summed E-state index contributed by atoms with van der Waals surface area (Å²) in [6, 6.07) is 10.4. The zero-order valence-electron chi connectivity index (χ0n) is 11.5. The molecule has 0 fully saturated rings. The first kappa shape index (κ1) is 12.8. The molecule has 0 aliphatic heterocycles. The lowest BCUT2D eigenvalue weighted by Crippen LogP contribution is -2.35. The van der Waals surface area contributed by atoms with Gasteiger partial charge in [-0.15, -0.1) is 0 Å². The Morgan fingerprint density at radius 2 is 1.94 bits per heavy atom. The highest BCUT2D eigenvalue weighted by Crippen LogP contribution is 2.21. The molecule has 2 N–H and O–H groups in total. The smallest absolute Gasteiger partial charge is 0.0926 e. The van der Waals surface area contributed by atoms with E-state index in [-0.39, 0.29) is 5.54 Å². The molecule has 0 saturated carbocycles. The van der Waals surface area contributed by atoms with Gasteiger partial charge in [0, 0.05) is 23.3 Å². The van der Waals surface area contributed by atoms with E-state index in [2.05, 4.69) is 61.4 Å². The molecule has 2 aromatic rings. The van der Waals surface area contributed by atoms with Crippen molar-refractivity contribution < 1.29 is 0 Å². The zero-order valence-corrected chi connectivity index (χ0v) is 11.5. The highest BCUT2D eigenvalue weighted by molar-refractivity contribution is 5.63. The lowest BCUT2D eigenvalue weighted by Gasteiger charge is -2.19. The van der Waals surface area contributed by atoms with E-state index in [4.69, 9.17) is 0 Å². The summed E-state index contributed by atoms with van der Waals surface area (Å²) >= 11 is 0. The topological polar surface area (TPSA) is 40.7 Å². The van der Waals surface area contributed by atoms with E-state index in [1.807, 2.05) is 12.1 Å². The van der Waals surface area contributed by atoms with E-state index in [0.717, 1.165) is 17.9 Å². The molecule has 3 heteroatoms. The van der Waals surface area contributed by atoms with Crippen molar-refractivity contribution in [2.75, 3.05) is 0 Å². The van der Waals surface area contributed by atoms with Crippen LogP contribution in [0.15, 0.2) is 30.3 Å². The third kappa shape index (κ3) is 3.20. The molecule has 1 aromatic carbocycles. The van der Waals surface area contributed by atoms with Gasteiger partial charge in [-0.1, -0.05) is 24.3 Å². The van der Waals surface area contributed by atoms with Crippen LogP contribution in [0.25, 0.3) is 11.3 Å². The van der Waals surface area contributed by atoms with E-state index in [0.29, 0.717) is 0 Å². The maximum absolute atomic E-state index is 4.38. The van der Waals surface area contributed by atoms with Crippen molar-refractivity contribution in [3.63, 3.8) is 0 Å². The molecule has 1 heterocycles. The number of rotatable bonds is 3. The van der Waals surface area contributed by atoms with E-state index >= 15 is 0 Å². The van der Waals surface area contributed by atoms with Gasteiger partial charge in [0.2, 0.25) is 0 Å². The molecule has 0 amide bonds. The number of nitrogens with zero attached hydrogens (tertiary/aromatic N) is 1. The summed E-state index contributed by atoms with van der Waals surface area (Å²) < 4.78 is 0. The van der Waals surface area contributed by atoms with Crippen LogP contribution >= 0.6 is 0 Å². The second-order valence-corrected chi connectivity index (χ2v) is 5.70. The van der Waals surface area contributed by atoms with Crippen LogP contribution in [-0.2, 0) is 6.54 Å². The Morgan fingerprint density at radius 1 is 1.22 bits per heavy atom. The Morgan fingerprint density at radius 3 is 2.61 bits per heavy atom. The molecule has 0 atom stereocenters. The summed E-state index contributed by atoms with van der Waals surface area (Å²) in [6.45, 7) is 9.39. The van der Waals surface area contributed by atoms with E-state index in [9.17, 15) is 0 Å². The van der Waals surface area contributed by atoms with E-state index in [1.54, 1.807) is 0 Å². The Bertz CT molecular complexity index is 521. The average molecular weight is 243 g/mol. The number of H-pyrrole nitrogens is 1. The van der Waals surface area contributed by atoms with Crippen LogP contribution in [0.2, 0.25) is 0 Å². The van der Waals surface area contributed by atoms with Crippen LogP contribution in [-0.4, -0.2) is 15.7 Å². The molecule has 0 aliphatic rings. The van der Waals surface area contributed by atoms with Crippen molar-refractivity contribution in [3.05, 3.63) is 41.6 Å². The number of hydrogen-bond donors (Lipinski definition) is 2. The standard InChI is InChI=1S/C15H21N3/c1-11-7-5-6-8-13(11)14-9-12(17-18-14)10-16-15(2,3)4/h5-9,16H,10H2,1-4H3,(H,17,18). The number of hydrogen-bond acceptors (Lipinski definition) is 2. The van der Waals surface area contributed by atoms with Gasteiger partial charge >= 0.3 is 0 Å². The number of benzene rings is 1. The minimum absolute atomic E-state index is 0.119. The third-order valence-electron chi connectivity index (χ3n) is 2.86. The molecular weight excluding hydrogens is 222 g/mol. The maximum Gasteiger partial charge on any atom is 0.0926 e. The normalized spacial score (nSPS) is 11.8. The lowest BCUT2D eigenvalue weighted by atomic mass is 10.1. The molecule has 0 radical (unpaired) electrons. The largest absolute Gasteiger partial charge is 0.306 e. The fourth-order valence-corrected chi connectivity index (χ4v) is 1.81. The number of aromatic amines is 1. The quantitative estimate of drug-likeness (QED) is 0.868. The first-order chi connectivity index (χ1) is 8.46. The second-order valence-electron chi connectivity index (χ2n) is 5.70. The van der Waals surface area contributed by atoms with E-state index in [1.165, 1.54) is 11.1 Å². The Labute approximate surface area is 109 Å². The molecular formula is C15H21N3. The monoisotopic (exact) mass is 243 g/mol. The molecule has 2 rings (SSSR count). The van der Waals surface area contributed by atoms with E-state index < -0.39 is 0 Å². The minimum atomic E-state index is 0.119. The van der Waals surface area contributed by atoms with Gasteiger partial charge in [0.15, 0.2) is 0 Å². The van der Waals surface area contributed by atoms with Crippen LogP contribution in [0.1, 0.15) is 32.0 Å². The van der Waals surface area contributed by atoms with Crippen molar-refractivity contribution in [2.45, 2.75) is 39.8 Å². The molecule has 18 heavy (non-hydrogen) atoms. The number of aromatic nitrogens is 2. The maximum atomic E-state index is 4.38.